The summed E-state index contributed by atoms with van der Waals surface area (Å²) in [5.74, 6) is 0.874. The Balaban J connectivity index is 2.53. The van der Waals surface area contributed by atoms with Crippen LogP contribution in [0.3, 0.4) is 0 Å². The van der Waals surface area contributed by atoms with Crippen LogP contribution >= 0.6 is 0 Å². The van der Waals surface area contributed by atoms with Gasteiger partial charge in [0.05, 0.1) is 25.8 Å². The second-order valence-corrected chi connectivity index (χ2v) is 3.11. The van der Waals surface area contributed by atoms with E-state index in [4.69, 9.17) is 5.11 Å². The molecule has 0 fully saturated rings. The second kappa shape index (κ2) is 5.74. The molecule has 3 N–H and O–H groups in total. The molecule has 1 heterocycles. The first-order valence-electron chi connectivity index (χ1n) is 4.77. The number of hydrogen-bond acceptors (Lipinski definition) is 4. The largest absolute Gasteiger partial charge is 0.394 e. The third-order valence-corrected chi connectivity index (χ3v) is 1.95. The van der Waals surface area contributed by atoms with Crippen LogP contribution in [0.4, 0.5) is 0 Å². The summed E-state index contributed by atoms with van der Waals surface area (Å²) in [5.41, 5.74) is 0. The zero-order chi connectivity index (χ0) is 10.4. The third-order valence-electron chi connectivity index (χ3n) is 1.95. The van der Waals surface area contributed by atoms with Gasteiger partial charge in [-0.25, -0.2) is 4.98 Å². The van der Waals surface area contributed by atoms with Gasteiger partial charge in [0.15, 0.2) is 0 Å². The van der Waals surface area contributed by atoms with Crippen LogP contribution in [0.25, 0.3) is 0 Å². The predicted octanol–water partition coefficient (Wildman–Crippen LogP) is -0.654. The van der Waals surface area contributed by atoms with Gasteiger partial charge in [0.1, 0.15) is 5.82 Å². The number of aliphatic hydroxyl groups is 2. The molecule has 0 amide bonds. The number of nitrogens with one attached hydrogen (secondary N) is 1. The van der Waals surface area contributed by atoms with Gasteiger partial charge in [-0.15, -0.1) is 0 Å². The molecule has 1 aromatic rings. The maximum atomic E-state index is 9.26. The van der Waals surface area contributed by atoms with Crippen molar-refractivity contribution in [1.82, 2.24) is 14.9 Å². The molecule has 0 bridgehead atoms. The fourth-order valence-electron chi connectivity index (χ4n) is 1.20. The van der Waals surface area contributed by atoms with Crippen LogP contribution in [0.2, 0.25) is 0 Å². The highest BCUT2D eigenvalue weighted by Crippen LogP contribution is 1.99. The Morgan fingerprint density at radius 3 is 3.07 bits per heavy atom. The van der Waals surface area contributed by atoms with Gasteiger partial charge in [-0.2, -0.15) is 0 Å². The Hall–Kier alpha value is -0.910. The minimum absolute atomic E-state index is 0.223. The van der Waals surface area contributed by atoms with E-state index < -0.39 is 6.10 Å². The van der Waals surface area contributed by atoms with E-state index in [-0.39, 0.29) is 6.61 Å². The SMILES string of the molecule is CCNCc1nccn1CC(O)CO. The Labute approximate surface area is 83.4 Å². The van der Waals surface area contributed by atoms with E-state index >= 15 is 0 Å². The smallest absolute Gasteiger partial charge is 0.122 e. The van der Waals surface area contributed by atoms with Gasteiger partial charge in [-0.3, -0.25) is 0 Å². The van der Waals surface area contributed by atoms with Crippen molar-refractivity contribution in [2.45, 2.75) is 26.1 Å². The van der Waals surface area contributed by atoms with Crippen molar-refractivity contribution >= 4 is 0 Å². The summed E-state index contributed by atoms with van der Waals surface area (Å²) in [7, 11) is 0. The van der Waals surface area contributed by atoms with Gasteiger partial charge in [0.25, 0.3) is 0 Å². The molecule has 1 rings (SSSR count). The maximum absolute atomic E-state index is 9.26. The molecule has 14 heavy (non-hydrogen) atoms. The molecule has 5 heteroatoms. The molecule has 0 aliphatic rings. The maximum Gasteiger partial charge on any atom is 0.122 e. The molecular weight excluding hydrogens is 182 g/mol. The summed E-state index contributed by atoms with van der Waals surface area (Å²) in [6.07, 6.45) is 2.77. The predicted molar refractivity (Wildman–Crippen MR) is 52.7 cm³/mol. The van der Waals surface area contributed by atoms with Crippen LogP contribution in [-0.4, -0.2) is 39.0 Å². The first-order chi connectivity index (χ1) is 6.77. The van der Waals surface area contributed by atoms with E-state index in [2.05, 4.69) is 10.3 Å². The lowest BCUT2D eigenvalue weighted by Crippen LogP contribution is -2.23. The van der Waals surface area contributed by atoms with Crippen molar-refractivity contribution < 1.29 is 10.2 Å². The van der Waals surface area contributed by atoms with E-state index in [0.29, 0.717) is 13.1 Å². The molecule has 0 aliphatic carbocycles. The minimum Gasteiger partial charge on any atom is -0.394 e. The van der Waals surface area contributed by atoms with Gasteiger partial charge in [0, 0.05) is 12.4 Å². The molecule has 80 valence electrons. The summed E-state index contributed by atoms with van der Waals surface area (Å²) >= 11 is 0. The van der Waals surface area contributed by atoms with Gasteiger partial charge in [0.2, 0.25) is 0 Å². The summed E-state index contributed by atoms with van der Waals surface area (Å²) < 4.78 is 1.84. The Morgan fingerprint density at radius 2 is 2.43 bits per heavy atom. The molecule has 1 aromatic heterocycles. The van der Waals surface area contributed by atoms with Crippen molar-refractivity contribution in [2.75, 3.05) is 13.2 Å². The van der Waals surface area contributed by atoms with Crippen LogP contribution in [-0.2, 0) is 13.1 Å². The first kappa shape index (κ1) is 11.2. The van der Waals surface area contributed by atoms with Crippen molar-refractivity contribution in [3.8, 4) is 0 Å². The van der Waals surface area contributed by atoms with E-state index in [1.54, 1.807) is 12.4 Å². The first-order valence-corrected chi connectivity index (χ1v) is 4.77. The third kappa shape index (κ3) is 3.10. The Kier molecular flexibility index (Phi) is 4.58. The average Bonchev–Trinajstić information content (AvgIpc) is 2.62. The van der Waals surface area contributed by atoms with Crippen molar-refractivity contribution in [2.24, 2.45) is 0 Å². The number of rotatable bonds is 6. The van der Waals surface area contributed by atoms with E-state index in [0.717, 1.165) is 12.4 Å². The quantitative estimate of drug-likeness (QED) is 0.569. The summed E-state index contributed by atoms with van der Waals surface area (Å²) in [4.78, 5) is 4.15. The lowest BCUT2D eigenvalue weighted by Gasteiger charge is -2.11. The van der Waals surface area contributed by atoms with Crippen LogP contribution in [0, 0.1) is 0 Å². The van der Waals surface area contributed by atoms with Crippen LogP contribution in [0.5, 0.6) is 0 Å². The average molecular weight is 199 g/mol. The molecule has 0 saturated heterocycles. The molecule has 0 aliphatic heterocycles. The molecule has 0 spiro atoms. The van der Waals surface area contributed by atoms with Crippen LogP contribution in [0.15, 0.2) is 12.4 Å². The monoisotopic (exact) mass is 199 g/mol. The molecule has 1 unspecified atom stereocenters. The molecule has 5 nitrogen and oxygen atoms in total. The molecule has 1 atom stereocenters. The Bertz CT molecular complexity index is 262. The van der Waals surface area contributed by atoms with Gasteiger partial charge < -0.3 is 20.1 Å². The number of hydrogen-bond donors (Lipinski definition) is 3. The summed E-state index contributed by atoms with van der Waals surface area (Å²) in [5, 5.41) is 21.1. The van der Waals surface area contributed by atoms with Crippen LogP contribution in [0.1, 0.15) is 12.7 Å². The molecular formula is C9H17N3O2. The molecule has 0 aromatic carbocycles. The summed E-state index contributed by atoms with van der Waals surface area (Å²) in [6.45, 7) is 3.75. The zero-order valence-electron chi connectivity index (χ0n) is 8.35. The molecule has 0 radical (unpaired) electrons. The second-order valence-electron chi connectivity index (χ2n) is 3.11. The van der Waals surface area contributed by atoms with Crippen molar-refractivity contribution in [3.05, 3.63) is 18.2 Å². The van der Waals surface area contributed by atoms with E-state index in [1.165, 1.54) is 0 Å². The summed E-state index contributed by atoms with van der Waals surface area (Å²) in [6, 6.07) is 0. The highest BCUT2D eigenvalue weighted by Gasteiger charge is 2.06. The number of aliphatic hydroxyl groups excluding tert-OH is 2. The fourth-order valence-corrected chi connectivity index (χ4v) is 1.20. The topological polar surface area (TPSA) is 70.3 Å². The molecule has 0 saturated carbocycles. The number of imidazole rings is 1. The normalized spacial score (nSPS) is 13.1. The lowest BCUT2D eigenvalue weighted by molar-refractivity contribution is 0.0804. The van der Waals surface area contributed by atoms with Gasteiger partial charge in [-0.05, 0) is 6.54 Å². The fraction of sp³-hybridized carbons (Fsp3) is 0.667. The number of aromatic nitrogens is 2. The van der Waals surface area contributed by atoms with Crippen LogP contribution < -0.4 is 5.32 Å². The van der Waals surface area contributed by atoms with Gasteiger partial charge in [-0.1, -0.05) is 6.92 Å². The van der Waals surface area contributed by atoms with Crippen molar-refractivity contribution in [1.29, 1.82) is 0 Å². The van der Waals surface area contributed by atoms with Gasteiger partial charge >= 0.3 is 0 Å². The lowest BCUT2D eigenvalue weighted by atomic mass is 10.3. The van der Waals surface area contributed by atoms with E-state index in [1.807, 2.05) is 11.5 Å². The van der Waals surface area contributed by atoms with E-state index in [9.17, 15) is 5.11 Å². The Morgan fingerprint density at radius 1 is 1.64 bits per heavy atom. The highest BCUT2D eigenvalue weighted by molar-refractivity contribution is 4.92. The standard InChI is InChI=1S/C9H17N3O2/c1-2-10-5-9-11-3-4-12(9)6-8(14)7-13/h3-4,8,10,13-14H,2,5-7H2,1H3. The minimum atomic E-state index is -0.718. The van der Waals surface area contributed by atoms with Crippen molar-refractivity contribution in [3.63, 3.8) is 0 Å². The zero-order valence-corrected chi connectivity index (χ0v) is 8.35. The number of nitrogens with zero attached hydrogens (tertiary/aromatic N) is 2. The highest BCUT2D eigenvalue weighted by atomic mass is 16.3.